The first-order valence-corrected chi connectivity index (χ1v) is 6.61. The molecule has 1 aromatic heterocycles. The summed E-state index contributed by atoms with van der Waals surface area (Å²) < 4.78 is 0. The molecule has 5 nitrogen and oxygen atoms in total. The molecule has 1 aliphatic heterocycles. The monoisotopic (exact) mass is 331 g/mol. The summed E-state index contributed by atoms with van der Waals surface area (Å²) in [7, 11) is 0. The number of carboxylic acid groups (broad SMARTS) is 1. The second-order valence-corrected chi connectivity index (χ2v) is 5.09. The number of nitrogens with zero attached hydrogens (tertiary/aromatic N) is 2. The van der Waals surface area contributed by atoms with Gasteiger partial charge in [0.2, 0.25) is 0 Å². The van der Waals surface area contributed by atoms with Crippen molar-refractivity contribution in [1.82, 2.24) is 14.9 Å². The smallest absolute Gasteiger partial charge is 0.306 e. The van der Waals surface area contributed by atoms with Gasteiger partial charge in [0.15, 0.2) is 0 Å². The highest BCUT2D eigenvalue weighted by Crippen LogP contribution is 2.19. The number of para-hydroxylation sites is 2. The van der Waals surface area contributed by atoms with E-state index in [4.69, 9.17) is 5.11 Å². The summed E-state index contributed by atoms with van der Waals surface area (Å²) in [5.41, 5.74) is 2.04. The molecule has 3 rings (SSSR count). The molecule has 7 heteroatoms. The number of halogens is 2. The van der Waals surface area contributed by atoms with Gasteiger partial charge in [0, 0.05) is 0 Å². The number of aromatic amines is 1. The van der Waals surface area contributed by atoms with Crippen molar-refractivity contribution in [3.8, 4) is 0 Å². The Balaban J connectivity index is 0.00000110. The quantitative estimate of drug-likeness (QED) is 0.907. The third kappa shape index (κ3) is 4.09. The Bertz CT molecular complexity index is 562. The van der Waals surface area contributed by atoms with Gasteiger partial charge < -0.3 is 10.1 Å². The van der Waals surface area contributed by atoms with Gasteiger partial charge in [-0.15, -0.1) is 24.8 Å². The van der Waals surface area contributed by atoms with Crippen molar-refractivity contribution < 1.29 is 9.90 Å². The van der Waals surface area contributed by atoms with Gasteiger partial charge >= 0.3 is 5.97 Å². The van der Waals surface area contributed by atoms with Crippen LogP contribution in [0, 0.1) is 5.92 Å². The molecule has 0 unspecified atom stereocenters. The normalized spacial score (nSPS) is 16.2. The maximum atomic E-state index is 10.9. The van der Waals surface area contributed by atoms with Crippen LogP contribution < -0.4 is 0 Å². The van der Waals surface area contributed by atoms with Crippen molar-refractivity contribution in [1.29, 1.82) is 0 Å². The second-order valence-electron chi connectivity index (χ2n) is 5.09. The van der Waals surface area contributed by atoms with Crippen LogP contribution in [0.3, 0.4) is 0 Å². The maximum Gasteiger partial charge on any atom is 0.306 e. The number of piperidine rings is 1. The number of rotatable bonds is 3. The number of benzene rings is 1. The van der Waals surface area contributed by atoms with Crippen molar-refractivity contribution in [2.75, 3.05) is 13.1 Å². The van der Waals surface area contributed by atoms with Crippen molar-refractivity contribution >= 4 is 41.8 Å². The first kappa shape index (κ1) is 17.8. The minimum absolute atomic E-state index is 0. The molecule has 1 aliphatic rings. The summed E-state index contributed by atoms with van der Waals surface area (Å²) >= 11 is 0. The number of H-pyrrole nitrogens is 1. The average Bonchev–Trinajstić information content (AvgIpc) is 2.81. The van der Waals surface area contributed by atoms with Gasteiger partial charge in [0.05, 0.1) is 23.5 Å². The zero-order chi connectivity index (χ0) is 13.2. The number of aromatic nitrogens is 2. The van der Waals surface area contributed by atoms with Crippen LogP contribution in [0.4, 0.5) is 0 Å². The van der Waals surface area contributed by atoms with Crippen molar-refractivity contribution in [2.24, 2.45) is 5.92 Å². The molecular weight excluding hydrogens is 313 g/mol. The van der Waals surface area contributed by atoms with Crippen LogP contribution in [0.15, 0.2) is 24.3 Å². The summed E-state index contributed by atoms with van der Waals surface area (Å²) in [6.45, 7) is 2.42. The molecule has 0 spiro atoms. The molecule has 1 fully saturated rings. The van der Waals surface area contributed by atoms with Crippen LogP contribution >= 0.6 is 24.8 Å². The van der Waals surface area contributed by atoms with Crippen molar-refractivity contribution in [2.45, 2.75) is 19.4 Å². The lowest BCUT2D eigenvalue weighted by Gasteiger charge is -2.29. The molecule has 2 aromatic rings. The zero-order valence-electron chi connectivity index (χ0n) is 11.5. The van der Waals surface area contributed by atoms with E-state index in [1.165, 1.54) is 0 Å². The van der Waals surface area contributed by atoms with Gasteiger partial charge in [0.25, 0.3) is 0 Å². The van der Waals surface area contributed by atoms with E-state index in [1.54, 1.807) is 0 Å². The molecule has 0 saturated carbocycles. The highest BCUT2D eigenvalue weighted by Gasteiger charge is 2.24. The molecule has 21 heavy (non-hydrogen) atoms. The first-order chi connectivity index (χ1) is 9.22. The summed E-state index contributed by atoms with van der Waals surface area (Å²) in [6.07, 6.45) is 1.46. The highest BCUT2D eigenvalue weighted by atomic mass is 35.5. The Morgan fingerprint density at radius 1 is 1.29 bits per heavy atom. The van der Waals surface area contributed by atoms with E-state index >= 15 is 0 Å². The molecule has 116 valence electrons. The average molecular weight is 332 g/mol. The third-order valence-electron chi connectivity index (χ3n) is 3.75. The third-order valence-corrected chi connectivity index (χ3v) is 3.75. The van der Waals surface area contributed by atoms with Gasteiger partial charge in [-0.3, -0.25) is 9.69 Å². The topological polar surface area (TPSA) is 69.2 Å². The molecule has 0 aliphatic carbocycles. The van der Waals surface area contributed by atoms with E-state index in [0.29, 0.717) is 0 Å². The van der Waals surface area contributed by atoms with Gasteiger partial charge in [-0.1, -0.05) is 12.1 Å². The van der Waals surface area contributed by atoms with Crippen molar-refractivity contribution in [3.63, 3.8) is 0 Å². The van der Waals surface area contributed by atoms with Gasteiger partial charge in [0.1, 0.15) is 5.82 Å². The Labute approximate surface area is 135 Å². The number of hydrogen-bond acceptors (Lipinski definition) is 3. The summed E-state index contributed by atoms with van der Waals surface area (Å²) in [4.78, 5) is 21.0. The first-order valence-electron chi connectivity index (χ1n) is 6.61. The fraction of sp³-hybridized carbons (Fsp3) is 0.429. The standard InChI is InChI=1S/C14H17N3O2.2ClH/c18-14(19)10-5-7-17(8-6-10)9-13-15-11-3-1-2-4-12(11)16-13;;/h1-4,10H,5-9H2,(H,15,16)(H,18,19);2*1H. The molecule has 0 atom stereocenters. The number of fused-ring (bicyclic) bond motifs is 1. The number of carboxylic acids is 1. The summed E-state index contributed by atoms with van der Waals surface area (Å²) in [5.74, 6) is 0.116. The van der Waals surface area contributed by atoms with Crippen LogP contribution in [0.2, 0.25) is 0 Å². The van der Waals surface area contributed by atoms with E-state index < -0.39 is 5.97 Å². The number of imidazole rings is 1. The van der Waals surface area contributed by atoms with Crippen LogP contribution in [0.25, 0.3) is 11.0 Å². The molecule has 2 N–H and O–H groups in total. The Kier molecular flexibility index (Phi) is 6.45. The van der Waals surface area contributed by atoms with Crippen LogP contribution in [-0.4, -0.2) is 39.0 Å². The molecular formula is C14H19Cl2N3O2. The minimum Gasteiger partial charge on any atom is -0.481 e. The zero-order valence-corrected chi connectivity index (χ0v) is 13.1. The van der Waals surface area contributed by atoms with Gasteiger partial charge in [-0.05, 0) is 38.1 Å². The lowest BCUT2D eigenvalue weighted by atomic mass is 9.97. The predicted molar refractivity (Wildman–Crippen MR) is 86.2 cm³/mol. The molecule has 0 amide bonds. The lowest BCUT2D eigenvalue weighted by Crippen LogP contribution is -2.36. The molecule has 2 heterocycles. The minimum atomic E-state index is -0.664. The fourth-order valence-electron chi connectivity index (χ4n) is 2.63. The molecule has 1 saturated heterocycles. The van der Waals surface area contributed by atoms with E-state index in [0.717, 1.165) is 49.3 Å². The van der Waals surface area contributed by atoms with Crippen LogP contribution in [0.5, 0.6) is 0 Å². The lowest BCUT2D eigenvalue weighted by molar-refractivity contribution is -0.143. The SMILES string of the molecule is Cl.Cl.O=C(O)C1CCN(Cc2nc3ccccc3[nH]2)CC1. The van der Waals surface area contributed by atoms with E-state index in [2.05, 4.69) is 14.9 Å². The van der Waals surface area contributed by atoms with Crippen LogP contribution in [0.1, 0.15) is 18.7 Å². The van der Waals surface area contributed by atoms with Gasteiger partial charge in [-0.2, -0.15) is 0 Å². The second kappa shape index (κ2) is 7.64. The van der Waals surface area contributed by atoms with Crippen molar-refractivity contribution in [3.05, 3.63) is 30.1 Å². The molecule has 1 aromatic carbocycles. The number of nitrogens with one attached hydrogen (secondary N) is 1. The van der Waals surface area contributed by atoms with Crippen LogP contribution in [-0.2, 0) is 11.3 Å². The fourth-order valence-corrected chi connectivity index (χ4v) is 2.63. The molecule has 0 bridgehead atoms. The maximum absolute atomic E-state index is 10.9. The number of likely N-dealkylation sites (tertiary alicyclic amines) is 1. The number of aliphatic carboxylic acids is 1. The number of carbonyl (C=O) groups is 1. The Hall–Kier alpha value is -1.30. The predicted octanol–water partition coefficient (Wildman–Crippen LogP) is 2.70. The molecule has 0 radical (unpaired) electrons. The van der Waals surface area contributed by atoms with E-state index in [-0.39, 0.29) is 30.7 Å². The van der Waals surface area contributed by atoms with E-state index in [1.807, 2.05) is 24.3 Å². The van der Waals surface area contributed by atoms with E-state index in [9.17, 15) is 4.79 Å². The largest absolute Gasteiger partial charge is 0.481 e. The number of hydrogen-bond donors (Lipinski definition) is 2. The highest BCUT2D eigenvalue weighted by molar-refractivity contribution is 5.85. The Morgan fingerprint density at radius 3 is 2.57 bits per heavy atom. The Morgan fingerprint density at radius 2 is 1.95 bits per heavy atom. The summed E-state index contributed by atoms with van der Waals surface area (Å²) in [5, 5.41) is 8.97. The summed E-state index contributed by atoms with van der Waals surface area (Å²) in [6, 6.07) is 7.97. The van der Waals surface area contributed by atoms with Gasteiger partial charge in [-0.25, -0.2) is 4.98 Å².